The molecule has 0 aliphatic carbocycles. The van der Waals surface area contributed by atoms with E-state index in [0.29, 0.717) is 12.4 Å². The normalized spacial score (nSPS) is 16.1. The number of hydrogen-bond donors (Lipinski definition) is 2. The van der Waals surface area contributed by atoms with Crippen LogP contribution in [0, 0.1) is 18.3 Å². The molecule has 7 nitrogen and oxygen atoms in total. The van der Waals surface area contributed by atoms with Gasteiger partial charge in [-0.1, -0.05) is 12.1 Å². The zero-order valence-corrected chi connectivity index (χ0v) is 18.0. The Balaban J connectivity index is 1.28. The summed E-state index contributed by atoms with van der Waals surface area (Å²) in [5, 5.41) is 9.76. The molecule has 0 atom stereocenters. The number of aromatic nitrogens is 2. The van der Waals surface area contributed by atoms with E-state index in [9.17, 15) is 5.26 Å². The first kappa shape index (κ1) is 19.0. The molecule has 0 radical (unpaired) electrons. The van der Waals surface area contributed by atoms with E-state index >= 15 is 0 Å². The number of nitrogens with one attached hydrogen (secondary N) is 2. The summed E-state index contributed by atoms with van der Waals surface area (Å²) >= 11 is 0. The van der Waals surface area contributed by atoms with E-state index in [1.54, 1.807) is 4.90 Å². The van der Waals surface area contributed by atoms with Gasteiger partial charge in [0.05, 0.1) is 0 Å². The van der Waals surface area contributed by atoms with Crippen LogP contribution < -0.4 is 23.7 Å². The number of nitrogens with zero attached hydrogens (tertiary/aromatic N) is 3. The van der Waals surface area contributed by atoms with E-state index in [4.69, 9.17) is 9.47 Å². The topological polar surface area (TPSA) is 69.8 Å². The van der Waals surface area contributed by atoms with Gasteiger partial charge in [-0.25, -0.2) is 0 Å². The lowest BCUT2D eigenvalue weighted by Gasteiger charge is -2.30. The Morgan fingerprint density at radius 2 is 1.91 bits per heavy atom. The Morgan fingerprint density at radius 3 is 2.75 bits per heavy atom. The molecule has 2 aliphatic heterocycles. The van der Waals surface area contributed by atoms with Crippen LogP contribution in [0.2, 0.25) is 0 Å². The molecule has 0 amide bonds. The summed E-state index contributed by atoms with van der Waals surface area (Å²) in [4.78, 5) is 7.48. The van der Waals surface area contributed by atoms with Crippen LogP contribution in [0.5, 0.6) is 11.5 Å². The van der Waals surface area contributed by atoms with Gasteiger partial charge in [0.15, 0.2) is 11.5 Å². The fraction of sp³-hybridized carbons (Fsp3) is 0.280. The third kappa shape index (κ3) is 3.03. The number of ether oxygens (including phenoxy) is 2. The van der Waals surface area contributed by atoms with Crippen LogP contribution in [-0.4, -0.2) is 38.0 Å². The predicted molar refractivity (Wildman–Crippen MR) is 120 cm³/mol. The molecular formula is C25H25N5O2+2. The zero-order chi connectivity index (χ0) is 21.7. The van der Waals surface area contributed by atoms with Gasteiger partial charge in [-0.05, 0) is 42.8 Å². The molecule has 1 saturated heterocycles. The molecule has 0 unspecified atom stereocenters. The molecule has 4 aromatic rings. The lowest BCUT2D eigenvalue weighted by Crippen LogP contribution is -3.13. The second-order valence-electron chi connectivity index (χ2n) is 8.60. The molecule has 0 saturated carbocycles. The number of anilines is 1. The number of quaternary nitrogens is 1. The Bertz CT molecular complexity index is 1380. The first-order chi connectivity index (χ1) is 15.7. The summed E-state index contributed by atoms with van der Waals surface area (Å²) in [5.41, 5.74) is 6.01. The lowest BCUT2D eigenvalue weighted by atomic mass is 10.1. The smallest absolute Gasteiger partial charge is 0.250 e. The standard InChI is InChI=1S/C25H23N5O2/c1-17-12-24(30-21-5-3-2-4-20(21)27-25(30)19(17)14-26)29-10-8-28(9-11-29)15-18-6-7-22-23(13-18)32-16-31-22/h2-7,12-13H,8-11,15-16H2,1H3/p+2. The highest BCUT2D eigenvalue weighted by molar-refractivity contribution is 5.77. The third-order valence-corrected chi connectivity index (χ3v) is 6.62. The number of hydrogen-bond acceptors (Lipinski definition) is 4. The van der Waals surface area contributed by atoms with E-state index in [0.717, 1.165) is 72.3 Å². The monoisotopic (exact) mass is 427 g/mol. The average Bonchev–Trinajstić information content (AvgIpc) is 3.43. The molecule has 6 rings (SSSR count). The number of benzene rings is 2. The zero-order valence-electron chi connectivity index (χ0n) is 18.0. The van der Waals surface area contributed by atoms with Gasteiger partial charge >= 0.3 is 0 Å². The van der Waals surface area contributed by atoms with Crippen molar-refractivity contribution in [3.63, 3.8) is 0 Å². The molecule has 2 N–H and O–H groups in total. The van der Waals surface area contributed by atoms with Crippen LogP contribution in [0.4, 0.5) is 5.82 Å². The van der Waals surface area contributed by atoms with Crippen molar-refractivity contribution < 1.29 is 18.8 Å². The summed E-state index contributed by atoms with van der Waals surface area (Å²) < 4.78 is 13.2. The van der Waals surface area contributed by atoms with Crippen molar-refractivity contribution in [1.29, 1.82) is 5.26 Å². The summed E-state index contributed by atoms with van der Waals surface area (Å²) in [6, 6.07) is 19.1. The number of piperazine rings is 1. The molecule has 4 heterocycles. The van der Waals surface area contributed by atoms with Gasteiger partial charge < -0.3 is 14.4 Å². The second-order valence-corrected chi connectivity index (χ2v) is 8.60. The molecule has 1 fully saturated rings. The molecule has 160 valence electrons. The third-order valence-electron chi connectivity index (χ3n) is 6.62. The largest absolute Gasteiger partial charge is 0.454 e. The fourth-order valence-electron chi connectivity index (χ4n) is 4.95. The van der Waals surface area contributed by atoms with E-state index in [-0.39, 0.29) is 0 Å². The van der Waals surface area contributed by atoms with E-state index < -0.39 is 0 Å². The number of para-hydroxylation sites is 2. The number of H-pyrrole nitrogens is 1. The molecular weight excluding hydrogens is 402 g/mol. The Kier molecular flexibility index (Phi) is 4.40. The van der Waals surface area contributed by atoms with Crippen LogP contribution >= 0.6 is 0 Å². The molecule has 2 aromatic heterocycles. The number of fused-ring (bicyclic) bond motifs is 4. The molecule has 2 aromatic carbocycles. The van der Waals surface area contributed by atoms with Crippen LogP contribution in [0.3, 0.4) is 0 Å². The van der Waals surface area contributed by atoms with E-state index in [2.05, 4.69) is 50.7 Å². The highest BCUT2D eigenvalue weighted by atomic mass is 16.7. The van der Waals surface area contributed by atoms with Gasteiger partial charge in [0.2, 0.25) is 18.3 Å². The first-order valence-electron chi connectivity index (χ1n) is 11.0. The van der Waals surface area contributed by atoms with Crippen LogP contribution in [0.15, 0.2) is 48.5 Å². The number of nitriles is 1. The van der Waals surface area contributed by atoms with Crippen molar-refractivity contribution in [2.24, 2.45) is 0 Å². The first-order valence-corrected chi connectivity index (χ1v) is 11.0. The number of imidazole rings is 1. The highest BCUT2D eigenvalue weighted by Crippen LogP contribution is 2.32. The average molecular weight is 428 g/mol. The van der Waals surface area contributed by atoms with E-state index in [1.807, 2.05) is 25.1 Å². The van der Waals surface area contributed by atoms with Gasteiger partial charge in [-0.3, -0.25) is 9.88 Å². The number of aromatic amines is 1. The quantitative estimate of drug-likeness (QED) is 0.489. The highest BCUT2D eigenvalue weighted by Gasteiger charge is 2.29. The van der Waals surface area contributed by atoms with Crippen molar-refractivity contribution in [3.05, 3.63) is 65.2 Å². The maximum absolute atomic E-state index is 9.76. The number of aryl methyl sites for hydroxylation is 1. The molecule has 0 spiro atoms. The van der Waals surface area contributed by atoms with Gasteiger partial charge in [0, 0.05) is 11.6 Å². The number of rotatable bonds is 3. The Labute approximate surface area is 186 Å². The molecule has 2 aliphatic rings. The Morgan fingerprint density at radius 1 is 1.09 bits per heavy atom. The molecule has 7 heteroatoms. The fourth-order valence-corrected chi connectivity index (χ4v) is 4.95. The second kappa shape index (κ2) is 7.43. The maximum Gasteiger partial charge on any atom is 0.250 e. The summed E-state index contributed by atoms with van der Waals surface area (Å²) in [6.07, 6.45) is 0. The number of pyridine rings is 1. The summed E-state index contributed by atoms with van der Waals surface area (Å²) in [6.45, 7) is 7.35. The van der Waals surface area contributed by atoms with Gasteiger partial charge in [0.1, 0.15) is 55.4 Å². The predicted octanol–water partition coefficient (Wildman–Crippen LogP) is 1.72. The molecule has 32 heavy (non-hydrogen) atoms. The van der Waals surface area contributed by atoms with Crippen molar-refractivity contribution in [1.82, 2.24) is 4.98 Å². The van der Waals surface area contributed by atoms with Crippen molar-refractivity contribution in [3.8, 4) is 17.6 Å². The lowest BCUT2D eigenvalue weighted by molar-refractivity contribution is -0.914. The van der Waals surface area contributed by atoms with Crippen LogP contribution in [-0.2, 0) is 6.54 Å². The van der Waals surface area contributed by atoms with Gasteiger partial charge in [-0.2, -0.15) is 9.66 Å². The summed E-state index contributed by atoms with van der Waals surface area (Å²) in [5.74, 6) is 2.84. The molecule has 0 bridgehead atoms. The maximum atomic E-state index is 9.76. The van der Waals surface area contributed by atoms with Gasteiger partial charge in [0.25, 0.3) is 0 Å². The van der Waals surface area contributed by atoms with Crippen molar-refractivity contribution in [2.75, 3.05) is 37.9 Å². The van der Waals surface area contributed by atoms with Crippen molar-refractivity contribution >= 4 is 22.5 Å². The summed E-state index contributed by atoms with van der Waals surface area (Å²) in [7, 11) is 0. The minimum atomic E-state index is 0.314. The Hall–Kier alpha value is -3.76. The minimum Gasteiger partial charge on any atom is -0.454 e. The van der Waals surface area contributed by atoms with Gasteiger partial charge in [-0.15, -0.1) is 0 Å². The van der Waals surface area contributed by atoms with Crippen LogP contribution in [0.25, 0.3) is 16.7 Å². The van der Waals surface area contributed by atoms with Crippen molar-refractivity contribution in [2.45, 2.75) is 13.5 Å². The SMILES string of the molecule is Cc1cc(N2CC[NH+](Cc3ccc4c(c3)OCO4)CC2)[n+]2c([nH]c3ccccc32)c1C#N. The van der Waals surface area contributed by atoms with Crippen LogP contribution in [0.1, 0.15) is 16.7 Å². The van der Waals surface area contributed by atoms with E-state index in [1.165, 1.54) is 5.56 Å². The minimum absolute atomic E-state index is 0.314.